The average molecular weight is 323 g/mol. The number of amides is 1. The van der Waals surface area contributed by atoms with E-state index in [0.717, 1.165) is 4.47 Å². The SMILES string of the molecule is O=C(COc1cccc[n+]1[O-])Nc1cccc(Br)c1. The molecule has 5 nitrogen and oxygen atoms in total. The Morgan fingerprint density at radius 3 is 2.89 bits per heavy atom. The maximum absolute atomic E-state index is 11.6. The van der Waals surface area contributed by atoms with Crippen molar-refractivity contribution < 1.29 is 14.3 Å². The van der Waals surface area contributed by atoms with Crippen LogP contribution in [-0.4, -0.2) is 12.5 Å². The van der Waals surface area contributed by atoms with E-state index in [-0.39, 0.29) is 18.4 Å². The van der Waals surface area contributed by atoms with Crippen molar-refractivity contribution in [3.05, 3.63) is 58.3 Å². The third-order valence-corrected chi connectivity index (χ3v) is 2.74. The maximum Gasteiger partial charge on any atom is 0.379 e. The van der Waals surface area contributed by atoms with Gasteiger partial charge in [-0.15, -0.1) is 4.73 Å². The van der Waals surface area contributed by atoms with Gasteiger partial charge in [-0.1, -0.05) is 22.0 Å². The van der Waals surface area contributed by atoms with Crippen LogP contribution in [0.4, 0.5) is 5.69 Å². The molecule has 0 saturated carbocycles. The van der Waals surface area contributed by atoms with E-state index in [2.05, 4.69) is 21.2 Å². The van der Waals surface area contributed by atoms with Crippen LogP contribution in [0.3, 0.4) is 0 Å². The highest BCUT2D eigenvalue weighted by Gasteiger charge is 2.08. The van der Waals surface area contributed by atoms with Crippen molar-refractivity contribution in [3.63, 3.8) is 0 Å². The van der Waals surface area contributed by atoms with Gasteiger partial charge in [0.1, 0.15) is 0 Å². The number of carbonyl (C=O) groups excluding carboxylic acids is 1. The number of rotatable bonds is 4. The molecular formula is C13H11BrN2O3. The zero-order valence-electron chi connectivity index (χ0n) is 9.88. The van der Waals surface area contributed by atoms with Crippen LogP contribution in [0.15, 0.2) is 53.1 Å². The molecule has 0 aliphatic heterocycles. The van der Waals surface area contributed by atoms with Gasteiger partial charge in [-0.05, 0) is 24.3 Å². The summed E-state index contributed by atoms with van der Waals surface area (Å²) in [6, 6.07) is 11.9. The van der Waals surface area contributed by atoms with Crippen LogP contribution in [0.2, 0.25) is 0 Å². The first-order valence-electron chi connectivity index (χ1n) is 5.51. The molecule has 1 aromatic heterocycles. The fraction of sp³-hybridized carbons (Fsp3) is 0.0769. The van der Waals surface area contributed by atoms with Crippen LogP contribution in [-0.2, 0) is 4.79 Å². The Kier molecular flexibility index (Phi) is 4.35. The number of anilines is 1. The molecular weight excluding hydrogens is 312 g/mol. The fourth-order valence-corrected chi connectivity index (χ4v) is 1.83. The van der Waals surface area contributed by atoms with E-state index >= 15 is 0 Å². The summed E-state index contributed by atoms with van der Waals surface area (Å²) in [5.41, 5.74) is 0.658. The molecule has 0 saturated heterocycles. The number of halogens is 1. The lowest BCUT2D eigenvalue weighted by Gasteiger charge is -2.07. The highest BCUT2D eigenvalue weighted by molar-refractivity contribution is 9.10. The molecule has 0 unspecified atom stereocenters. The molecule has 1 heterocycles. The van der Waals surface area contributed by atoms with Gasteiger partial charge in [0.25, 0.3) is 5.91 Å². The molecule has 0 fully saturated rings. The number of hydrogen-bond donors (Lipinski definition) is 1. The quantitative estimate of drug-likeness (QED) is 0.692. The van der Waals surface area contributed by atoms with Gasteiger partial charge in [0.2, 0.25) is 0 Å². The third-order valence-electron chi connectivity index (χ3n) is 2.25. The molecule has 19 heavy (non-hydrogen) atoms. The Hall–Kier alpha value is -2.08. The van der Waals surface area contributed by atoms with Crippen LogP contribution in [0.5, 0.6) is 5.88 Å². The van der Waals surface area contributed by atoms with Crippen LogP contribution in [0, 0.1) is 5.21 Å². The minimum Gasteiger partial charge on any atom is -0.616 e. The molecule has 2 rings (SSSR count). The van der Waals surface area contributed by atoms with Crippen molar-refractivity contribution in [1.29, 1.82) is 0 Å². The lowest BCUT2D eigenvalue weighted by atomic mass is 10.3. The molecule has 2 aromatic rings. The van der Waals surface area contributed by atoms with Gasteiger partial charge in [-0.2, -0.15) is 0 Å². The van der Waals surface area contributed by atoms with E-state index in [1.807, 2.05) is 12.1 Å². The molecule has 0 bridgehead atoms. The standard InChI is InChI=1S/C13H11BrN2O3/c14-10-4-3-5-11(8-10)15-12(17)9-19-13-6-1-2-7-16(13)18/h1-8H,9H2,(H,15,17). The fourth-order valence-electron chi connectivity index (χ4n) is 1.43. The third kappa shape index (κ3) is 3.96. The van der Waals surface area contributed by atoms with Gasteiger partial charge in [0.15, 0.2) is 12.8 Å². The van der Waals surface area contributed by atoms with Gasteiger partial charge >= 0.3 is 5.88 Å². The molecule has 1 aromatic carbocycles. The first-order chi connectivity index (χ1) is 9.15. The minimum atomic E-state index is -0.332. The van der Waals surface area contributed by atoms with Crippen molar-refractivity contribution >= 4 is 27.5 Å². The van der Waals surface area contributed by atoms with E-state index < -0.39 is 0 Å². The predicted octanol–water partition coefficient (Wildman–Crippen LogP) is 2.10. The monoisotopic (exact) mass is 322 g/mol. The summed E-state index contributed by atoms with van der Waals surface area (Å²) >= 11 is 3.31. The summed E-state index contributed by atoms with van der Waals surface area (Å²) in [5, 5.41) is 14.0. The number of hydrogen-bond acceptors (Lipinski definition) is 3. The normalized spacial score (nSPS) is 9.95. The van der Waals surface area contributed by atoms with Gasteiger partial charge in [0.05, 0.1) is 6.07 Å². The number of benzene rings is 1. The summed E-state index contributed by atoms with van der Waals surface area (Å²) < 4.78 is 6.56. The van der Waals surface area contributed by atoms with Gasteiger partial charge in [0, 0.05) is 16.2 Å². The van der Waals surface area contributed by atoms with Crippen molar-refractivity contribution in [2.75, 3.05) is 11.9 Å². The highest BCUT2D eigenvalue weighted by atomic mass is 79.9. The van der Waals surface area contributed by atoms with Crippen LogP contribution in [0.1, 0.15) is 0 Å². The summed E-state index contributed by atoms with van der Waals surface area (Å²) in [4.78, 5) is 11.6. The number of aromatic nitrogens is 1. The average Bonchev–Trinajstić information content (AvgIpc) is 2.38. The van der Waals surface area contributed by atoms with Gasteiger partial charge < -0.3 is 15.3 Å². The lowest BCUT2D eigenvalue weighted by molar-refractivity contribution is -0.612. The van der Waals surface area contributed by atoms with Crippen LogP contribution < -0.4 is 14.8 Å². The van der Waals surface area contributed by atoms with Crippen molar-refractivity contribution in [3.8, 4) is 5.88 Å². The highest BCUT2D eigenvalue weighted by Crippen LogP contribution is 2.15. The summed E-state index contributed by atoms with van der Waals surface area (Å²) in [5.74, 6) is -0.242. The first kappa shape index (κ1) is 13.4. The minimum absolute atomic E-state index is 0.0897. The molecule has 1 amide bonds. The Labute approximate surface area is 118 Å². The Morgan fingerprint density at radius 1 is 1.32 bits per heavy atom. The van der Waals surface area contributed by atoms with Crippen molar-refractivity contribution in [2.45, 2.75) is 0 Å². The molecule has 0 radical (unpaired) electrons. The lowest BCUT2D eigenvalue weighted by Crippen LogP contribution is -2.30. The zero-order chi connectivity index (χ0) is 13.7. The number of carbonyl (C=O) groups is 1. The number of ether oxygens (including phenoxy) is 1. The van der Waals surface area contributed by atoms with E-state index in [1.165, 1.54) is 12.3 Å². The molecule has 0 spiro atoms. The molecule has 6 heteroatoms. The molecule has 0 aliphatic carbocycles. The van der Waals surface area contributed by atoms with Crippen molar-refractivity contribution in [2.24, 2.45) is 0 Å². The second-order valence-electron chi connectivity index (χ2n) is 3.71. The Balaban J connectivity index is 1.90. The number of pyridine rings is 1. The second-order valence-corrected chi connectivity index (χ2v) is 4.63. The van der Waals surface area contributed by atoms with E-state index in [4.69, 9.17) is 4.74 Å². The molecule has 1 N–H and O–H groups in total. The number of nitrogens with one attached hydrogen (secondary N) is 1. The predicted molar refractivity (Wildman–Crippen MR) is 73.7 cm³/mol. The van der Waals surface area contributed by atoms with Crippen LogP contribution >= 0.6 is 15.9 Å². The van der Waals surface area contributed by atoms with Crippen molar-refractivity contribution in [1.82, 2.24) is 0 Å². The first-order valence-corrected chi connectivity index (χ1v) is 6.31. The van der Waals surface area contributed by atoms with Crippen LogP contribution in [0.25, 0.3) is 0 Å². The summed E-state index contributed by atoms with van der Waals surface area (Å²) in [6.07, 6.45) is 1.31. The molecule has 0 aliphatic rings. The summed E-state index contributed by atoms with van der Waals surface area (Å²) in [6.45, 7) is -0.223. The Bertz CT molecular complexity index is 590. The summed E-state index contributed by atoms with van der Waals surface area (Å²) in [7, 11) is 0. The van der Waals surface area contributed by atoms with Gasteiger partial charge in [-0.3, -0.25) is 4.79 Å². The molecule has 98 valence electrons. The van der Waals surface area contributed by atoms with E-state index in [9.17, 15) is 10.0 Å². The van der Waals surface area contributed by atoms with E-state index in [0.29, 0.717) is 10.4 Å². The zero-order valence-corrected chi connectivity index (χ0v) is 11.5. The second kappa shape index (κ2) is 6.19. The Morgan fingerprint density at radius 2 is 2.16 bits per heavy atom. The van der Waals surface area contributed by atoms with E-state index in [1.54, 1.807) is 24.3 Å². The maximum atomic E-state index is 11.6. The van der Waals surface area contributed by atoms with Gasteiger partial charge in [-0.25, -0.2) is 0 Å². The smallest absolute Gasteiger partial charge is 0.379 e. The molecule has 0 atom stereocenters. The topological polar surface area (TPSA) is 65.3 Å². The number of nitrogens with zero attached hydrogens (tertiary/aromatic N) is 1. The largest absolute Gasteiger partial charge is 0.616 e.